The fraction of sp³-hybridized carbons (Fsp3) is 0.368. The van der Waals surface area contributed by atoms with E-state index in [2.05, 4.69) is 20.3 Å². The van der Waals surface area contributed by atoms with Gasteiger partial charge in [-0.1, -0.05) is 11.8 Å². The number of aromatic nitrogens is 5. The highest BCUT2D eigenvalue weighted by molar-refractivity contribution is 7.99. The quantitative estimate of drug-likeness (QED) is 0.565. The van der Waals surface area contributed by atoms with Crippen molar-refractivity contribution >= 4 is 29.4 Å². The first-order valence-electron chi connectivity index (χ1n) is 9.61. The molecule has 1 saturated heterocycles. The second-order valence-corrected chi connectivity index (χ2v) is 7.50. The van der Waals surface area contributed by atoms with Crippen molar-refractivity contribution in [2.24, 2.45) is 0 Å². The zero-order chi connectivity index (χ0) is 20.9. The first kappa shape index (κ1) is 20.1. The van der Waals surface area contributed by atoms with Crippen LogP contribution in [0.2, 0.25) is 0 Å². The molecule has 30 heavy (non-hydrogen) atoms. The van der Waals surface area contributed by atoms with Crippen molar-refractivity contribution in [1.29, 1.82) is 0 Å². The van der Waals surface area contributed by atoms with Crippen LogP contribution >= 0.6 is 11.8 Å². The number of piperazine rings is 1. The summed E-state index contributed by atoms with van der Waals surface area (Å²) in [4.78, 5) is 31.8. The predicted octanol–water partition coefficient (Wildman–Crippen LogP) is 1.58. The summed E-state index contributed by atoms with van der Waals surface area (Å²) in [6.07, 6.45) is 3.09. The molecule has 0 aromatic carbocycles. The standard InChI is InChI=1S/C19H21N7O3S/c1-2-29-19(28)25-11-9-24(10-12-25)17(27)13-30-18-22-21-16-4-3-15(23-26(16)18)14-5-7-20-8-6-14/h3-8H,2,9-13H2,1H3. The molecule has 156 valence electrons. The number of hydrogen-bond acceptors (Lipinski definition) is 8. The van der Waals surface area contributed by atoms with E-state index in [4.69, 9.17) is 4.74 Å². The van der Waals surface area contributed by atoms with Gasteiger partial charge in [0.25, 0.3) is 0 Å². The molecule has 0 spiro atoms. The summed E-state index contributed by atoms with van der Waals surface area (Å²) in [5, 5.41) is 13.4. The third-order valence-electron chi connectivity index (χ3n) is 4.69. The monoisotopic (exact) mass is 427 g/mol. The highest BCUT2D eigenvalue weighted by Gasteiger charge is 2.25. The van der Waals surface area contributed by atoms with E-state index >= 15 is 0 Å². The van der Waals surface area contributed by atoms with Gasteiger partial charge in [-0.25, -0.2) is 4.79 Å². The van der Waals surface area contributed by atoms with Crippen LogP contribution in [0.3, 0.4) is 0 Å². The number of ether oxygens (including phenoxy) is 1. The molecule has 0 radical (unpaired) electrons. The predicted molar refractivity (Wildman–Crippen MR) is 110 cm³/mol. The normalized spacial score (nSPS) is 14.2. The third-order valence-corrected chi connectivity index (χ3v) is 5.60. The van der Waals surface area contributed by atoms with Crippen LogP contribution in [0, 0.1) is 0 Å². The van der Waals surface area contributed by atoms with Crippen molar-refractivity contribution in [1.82, 2.24) is 34.6 Å². The minimum Gasteiger partial charge on any atom is -0.450 e. The molecule has 10 nitrogen and oxygen atoms in total. The fourth-order valence-electron chi connectivity index (χ4n) is 3.11. The Morgan fingerprint density at radius 1 is 1.03 bits per heavy atom. The van der Waals surface area contributed by atoms with Gasteiger partial charge in [-0.05, 0) is 31.2 Å². The SMILES string of the molecule is CCOC(=O)N1CCN(C(=O)CSc2nnc3ccc(-c4ccncc4)nn23)CC1. The molecule has 1 aliphatic heterocycles. The molecule has 0 saturated carbocycles. The van der Waals surface area contributed by atoms with Crippen LogP contribution < -0.4 is 0 Å². The number of amides is 2. The molecule has 0 atom stereocenters. The van der Waals surface area contributed by atoms with Gasteiger partial charge in [0.05, 0.1) is 18.1 Å². The third kappa shape index (κ3) is 4.35. The Hall–Kier alpha value is -3.21. The summed E-state index contributed by atoms with van der Waals surface area (Å²) in [5.74, 6) is 0.215. The van der Waals surface area contributed by atoms with Crippen molar-refractivity contribution in [3.63, 3.8) is 0 Å². The summed E-state index contributed by atoms with van der Waals surface area (Å²) in [5.41, 5.74) is 2.32. The molecule has 2 amide bonds. The van der Waals surface area contributed by atoms with Gasteiger partial charge in [-0.15, -0.1) is 10.2 Å². The van der Waals surface area contributed by atoms with Gasteiger partial charge < -0.3 is 14.5 Å². The molecule has 0 unspecified atom stereocenters. The summed E-state index contributed by atoms with van der Waals surface area (Å²) >= 11 is 1.30. The molecule has 0 N–H and O–H groups in total. The van der Waals surface area contributed by atoms with Crippen LogP contribution in [-0.2, 0) is 9.53 Å². The topological polar surface area (TPSA) is 106 Å². The van der Waals surface area contributed by atoms with Crippen LogP contribution in [0.4, 0.5) is 4.79 Å². The van der Waals surface area contributed by atoms with Crippen molar-refractivity contribution in [2.75, 3.05) is 38.5 Å². The van der Waals surface area contributed by atoms with Crippen molar-refractivity contribution < 1.29 is 14.3 Å². The van der Waals surface area contributed by atoms with E-state index in [-0.39, 0.29) is 17.8 Å². The van der Waals surface area contributed by atoms with Crippen molar-refractivity contribution in [3.05, 3.63) is 36.7 Å². The lowest BCUT2D eigenvalue weighted by atomic mass is 10.2. The smallest absolute Gasteiger partial charge is 0.409 e. The highest BCUT2D eigenvalue weighted by Crippen LogP contribution is 2.20. The lowest BCUT2D eigenvalue weighted by Gasteiger charge is -2.33. The van der Waals surface area contributed by atoms with Gasteiger partial charge >= 0.3 is 6.09 Å². The summed E-state index contributed by atoms with van der Waals surface area (Å²) in [6.45, 7) is 4.04. The Balaban J connectivity index is 1.38. The van der Waals surface area contributed by atoms with Gasteiger partial charge in [-0.3, -0.25) is 9.78 Å². The number of pyridine rings is 1. The minimum absolute atomic E-state index is 0.00875. The van der Waals surface area contributed by atoms with Crippen LogP contribution in [0.5, 0.6) is 0 Å². The number of nitrogens with zero attached hydrogens (tertiary/aromatic N) is 7. The first-order valence-corrected chi connectivity index (χ1v) is 10.6. The van der Waals surface area contributed by atoms with Gasteiger partial charge in [0.1, 0.15) is 0 Å². The Morgan fingerprint density at radius 2 is 1.77 bits per heavy atom. The average molecular weight is 427 g/mol. The van der Waals surface area contributed by atoms with E-state index in [0.29, 0.717) is 43.6 Å². The second-order valence-electron chi connectivity index (χ2n) is 6.56. The Bertz CT molecular complexity index is 1040. The molecule has 4 rings (SSSR count). The summed E-state index contributed by atoms with van der Waals surface area (Å²) in [7, 11) is 0. The van der Waals surface area contributed by atoms with Crippen LogP contribution in [0.15, 0.2) is 41.8 Å². The van der Waals surface area contributed by atoms with Crippen LogP contribution in [-0.4, -0.2) is 85.1 Å². The van der Waals surface area contributed by atoms with E-state index in [1.165, 1.54) is 11.8 Å². The van der Waals surface area contributed by atoms with Crippen LogP contribution in [0.1, 0.15) is 6.92 Å². The fourth-order valence-corrected chi connectivity index (χ4v) is 3.90. The number of fused-ring (bicyclic) bond motifs is 1. The largest absolute Gasteiger partial charge is 0.450 e. The van der Waals surface area contributed by atoms with Gasteiger partial charge in [-0.2, -0.15) is 9.61 Å². The number of carbonyl (C=O) groups is 2. The Kier molecular flexibility index (Phi) is 6.07. The van der Waals surface area contributed by atoms with Gasteiger partial charge in [0.15, 0.2) is 5.65 Å². The van der Waals surface area contributed by atoms with E-state index in [1.807, 2.05) is 24.3 Å². The Morgan fingerprint density at radius 3 is 2.50 bits per heavy atom. The van der Waals surface area contributed by atoms with E-state index in [9.17, 15) is 9.59 Å². The van der Waals surface area contributed by atoms with Crippen molar-refractivity contribution in [3.8, 4) is 11.3 Å². The average Bonchev–Trinajstić information content (AvgIpc) is 3.20. The van der Waals surface area contributed by atoms with E-state index in [0.717, 1.165) is 11.3 Å². The van der Waals surface area contributed by atoms with Crippen LogP contribution in [0.25, 0.3) is 16.9 Å². The van der Waals surface area contributed by atoms with E-state index in [1.54, 1.807) is 33.6 Å². The molecular formula is C19H21N7O3S. The first-order chi connectivity index (χ1) is 14.7. The molecule has 0 bridgehead atoms. The number of thioether (sulfide) groups is 1. The minimum atomic E-state index is -0.329. The highest BCUT2D eigenvalue weighted by atomic mass is 32.2. The van der Waals surface area contributed by atoms with Crippen molar-refractivity contribution in [2.45, 2.75) is 12.1 Å². The maximum absolute atomic E-state index is 12.6. The second kappa shape index (κ2) is 9.08. The van der Waals surface area contributed by atoms with Gasteiger partial charge in [0, 0.05) is 44.1 Å². The molecule has 4 heterocycles. The molecular weight excluding hydrogens is 406 g/mol. The lowest BCUT2D eigenvalue weighted by Crippen LogP contribution is -2.51. The number of carbonyl (C=O) groups excluding carboxylic acids is 2. The maximum atomic E-state index is 12.6. The molecule has 1 fully saturated rings. The lowest BCUT2D eigenvalue weighted by molar-refractivity contribution is -0.129. The zero-order valence-corrected chi connectivity index (χ0v) is 17.3. The zero-order valence-electron chi connectivity index (χ0n) is 16.5. The number of hydrogen-bond donors (Lipinski definition) is 0. The molecule has 3 aromatic heterocycles. The van der Waals surface area contributed by atoms with E-state index < -0.39 is 0 Å². The van der Waals surface area contributed by atoms with Gasteiger partial charge in [0.2, 0.25) is 11.1 Å². The molecule has 3 aromatic rings. The number of rotatable bonds is 5. The molecule has 1 aliphatic rings. The maximum Gasteiger partial charge on any atom is 0.409 e. The molecule has 0 aliphatic carbocycles. The summed E-state index contributed by atoms with van der Waals surface area (Å²) in [6, 6.07) is 7.48. The summed E-state index contributed by atoms with van der Waals surface area (Å²) < 4.78 is 6.65. The Labute approximate surface area is 177 Å². The molecule has 11 heteroatoms.